The molecular formula is C10H11F3N2O3. The van der Waals surface area contributed by atoms with Gasteiger partial charge in [-0.25, -0.2) is 9.78 Å². The van der Waals surface area contributed by atoms with Crippen LogP contribution in [0.5, 0.6) is 0 Å². The van der Waals surface area contributed by atoms with Crippen LogP contribution in [0.3, 0.4) is 0 Å². The number of hydrogen-bond acceptors (Lipinski definition) is 4. The van der Waals surface area contributed by atoms with Gasteiger partial charge in [0.1, 0.15) is 12.4 Å². The third-order valence-corrected chi connectivity index (χ3v) is 1.83. The topological polar surface area (TPSA) is 71.5 Å². The van der Waals surface area contributed by atoms with Crippen molar-refractivity contribution in [3.8, 4) is 0 Å². The molecule has 1 rings (SSSR count). The molecule has 18 heavy (non-hydrogen) atoms. The molecule has 0 saturated heterocycles. The summed E-state index contributed by atoms with van der Waals surface area (Å²) in [6.45, 7) is -1.36. The lowest BCUT2D eigenvalue weighted by molar-refractivity contribution is -0.172. The van der Waals surface area contributed by atoms with Crippen LogP contribution in [-0.4, -0.2) is 42.0 Å². The smallest absolute Gasteiger partial charge is 0.411 e. The number of aromatic nitrogens is 1. The van der Waals surface area contributed by atoms with Crippen LogP contribution in [-0.2, 0) is 4.74 Å². The van der Waals surface area contributed by atoms with Crippen LogP contribution in [0.2, 0.25) is 0 Å². The predicted molar refractivity (Wildman–Crippen MR) is 56.6 cm³/mol. The van der Waals surface area contributed by atoms with Gasteiger partial charge >= 0.3 is 12.1 Å². The largest absolute Gasteiger partial charge is 0.478 e. The van der Waals surface area contributed by atoms with E-state index >= 15 is 0 Å². The van der Waals surface area contributed by atoms with Gasteiger partial charge in [0.25, 0.3) is 0 Å². The van der Waals surface area contributed by atoms with E-state index in [9.17, 15) is 18.0 Å². The molecule has 0 aliphatic carbocycles. The maximum absolute atomic E-state index is 11.7. The van der Waals surface area contributed by atoms with Gasteiger partial charge in [-0.3, -0.25) is 0 Å². The van der Waals surface area contributed by atoms with Gasteiger partial charge in [0.2, 0.25) is 0 Å². The van der Waals surface area contributed by atoms with E-state index in [2.05, 4.69) is 15.0 Å². The predicted octanol–water partition coefficient (Wildman–Crippen LogP) is 1.77. The average molecular weight is 264 g/mol. The normalized spacial score (nSPS) is 11.3. The van der Waals surface area contributed by atoms with Crippen LogP contribution < -0.4 is 5.32 Å². The number of pyridine rings is 1. The molecule has 100 valence electrons. The molecule has 0 atom stereocenters. The van der Waals surface area contributed by atoms with Crippen LogP contribution in [0, 0.1) is 0 Å². The van der Waals surface area contributed by atoms with E-state index in [0.717, 1.165) is 0 Å². The molecule has 0 fully saturated rings. The van der Waals surface area contributed by atoms with Crippen LogP contribution in [0.15, 0.2) is 18.3 Å². The minimum absolute atomic E-state index is 0.0451. The summed E-state index contributed by atoms with van der Waals surface area (Å²) < 4.78 is 39.5. The Balaban J connectivity index is 2.31. The van der Waals surface area contributed by atoms with Gasteiger partial charge in [-0.05, 0) is 12.1 Å². The van der Waals surface area contributed by atoms with Crippen molar-refractivity contribution in [1.29, 1.82) is 0 Å². The van der Waals surface area contributed by atoms with Crippen LogP contribution >= 0.6 is 0 Å². The quantitative estimate of drug-likeness (QED) is 0.766. The fraction of sp³-hybridized carbons (Fsp3) is 0.400. The third kappa shape index (κ3) is 5.48. The lowest BCUT2D eigenvalue weighted by atomic mass is 10.2. The highest BCUT2D eigenvalue weighted by atomic mass is 19.4. The van der Waals surface area contributed by atoms with E-state index < -0.39 is 18.8 Å². The fourth-order valence-corrected chi connectivity index (χ4v) is 1.10. The number of halogens is 3. The Morgan fingerprint density at radius 1 is 1.50 bits per heavy atom. The summed E-state index contributed by atoms with van der Waals surface area (Å²) in [6.07, 6.45) is -3.05. The Bertz CT molecular complexity index is 410. The number of carboxylic acid groups (broad SMARTS) is 1. The molecule has 0 bridgehead atoms. The number of nitrogens with one attached hydrogen (secondary N) is 1. The van der Waals surface area contributed by atoms with E-state index in [-0.39, 0.29) is 24.5 Å². The van der Waals surface area contributed by atoms with E-state index in [0.29, 0.717) is 0 Å². The van der Waals surface area contributed by atoms with Crippen molar-refractivity contribution in [1.82, 2.24) is 4.98 Å². The summed E-state index contributed by atoms with van der Waals surface area (Å²) in [7, 11) is 0. The second-order valence-corrected chi connectivity index (χ2v) is 3.33. The first kappa shape index (κ1) is 14.2. The Morgan fingerprint density at radius 3 is 2.83 bits per heavy atom. The first-order chi connectivity index (χ1) is 8.38. The van der Waals surface area contributed by atoms with Crippen LogP contribution in [0.1, 0.15) is 10.4 Å². The summed E-state index contributed by atoms with van der Waals surface area (Å²) in [5.41, 5.74) is 0.0451. The molecule has 0 spiro atoms. The average Bonchev–Trinajstić information content (AvgIpc) is 2.27. The first-order valence-corrected chi connectivity index (χ1v) is 4.96. The first-order valence-electron chi connectivity index (χ1n) is 4.96. The zero-order valence-electron chi connectivity index (χ0n) is 9.20. The number of anilines is 1. The molecule has 1 aromatic heterocycles. The molecule has 2 N–H and O–H groups in total. The van der Waals surface area contributed by atoms with Gasteiger partial charge in [-0.15, -0.1) is 0 Å². The standard InChI is InChI=1S/C10H11F3N2O3/c11-10(12,13)6-18-4-3-15-8-5-7(9(16)17)1-2-14-8/h1-2,5H,3-4,6H2,(H,14,15)(H,16,17). The number of nitrogens with zero attached hydrogens (tertiary/aromatic N) is 1. The Morgan fingerprint density at radius 2 is 2.22 bits per heavy atom. The van der Waals surface area contributed by atoms with Gasteiger partial charge in [-0.2, -0.15) is 13.2 Å². The monoisotopic (exact) mass is 264 g/mol. The van der Waals surface area contributed by atoms with E-state index in [1.807, 2.05) is 0 Å². The highest BCUT2D eigenvalue weighted by Crippen LogP contribution is 2.14. The molecular weight excluding hydrogens is 253 g/mol. The van der Waals surface area contributed by atoms with Gasteiger partial charge in [-0.1, -0.05) is 0 Å². The molecule has 5 nitrogen and oxygen atoms in total. The molecule has 0 amide bonds. The zero-order valence-corrected chi connectivity index (χ0v) is 9.20. The summed E-state index contributed by atoms with van der Waals surface area (Å²) >= 11 is 0. The SMILES string of the molecule is O=C(O)c1ccnc(NCCOCC(F)(F)F)c1. The maximum Gasteiger partial charge on any atom is 0.411 e. The Labute approximate surface area is 101 Å². The van der Waals surface area contributed by atoms with E-state index in [4.69, 9.17) is 5.11 Å². The molecule has 0 saturated carbocycles. The van der Waals surface area contributed by atoms with E-state index in [1.54, 1.807) is 0 Å². The summed E-state index contributed by atoms with van der Waals surface area (Å²) in [6, 6.07) is 2.60. The number of hydrogen-bond donors (Lipinski definition) is 2. The van der Waals surface area contributed by atoms with Crippen molar-refractivity contribution >= 4 is 11.8 Å². The molecule has 0 radical (unpaired) electrons. The van der Waals surface area contributed by atoms with Crippen molar-refractivity contribution in [2.75, 3.05) is 25.1 Å². The van der Waals surface area contributed by atoms with Crippen molar-refractivity contribution < 1.29 is 27.8 Å². The fourth-order valence-electron chi connectivity index (χ4n) is 1.10. The van der Waals surface area contributed by atoms with Gasteiger partial charge in [0.15, 0.2) is 0 Å². The molecule has 0 aromatic carbocycles. The summed E-state index contributed by atoms with van der Waals surface area (Å²) in [5, 5.41) is 11.4. The number of ether oxygens (including phenoxy) is 1. The molecule has 8 heteroatoms. The Kier molecular flexibility index (Phi) is 4.90. The Hall–Kier alpha value is -1.83. The summed E-state index contributed by atoms with van der Waals surface area (Å²) in [4.78, 5) is 14.5. The van der Waals surface area contributed by atoms with Gasteiger partial charge in [0.05, 0.1) is 12.2 Å². The zero-order chi connectivity index (χ0) is 13.6. The number of alkyl halides is 3. The van der Waals surface area contributed by atoms with Crippen LogP contribution in [0.25, 0.3) is 0 Å². The number of carboxylic acids is 1. The van der Waals surface area contributed by atoms with Crippen molar-refractivity contribution in [2.45, 2.75) is 6.18 Å². The molecule has 1 aromatic rings. The second-order valence-electron chi connectivity index (χ2n) is 3.33. The van der Waals surface area contributed by atoms with Crippen molar-refractivity contribution in [2.24, 2.45) is 0 Å². The lowest BCUT2D eigenvalue weighted by Crippen LogP contribution is -2.20. The minimum atomic E-state index is -4.35. The maximum atomic E-state index is 11.7. The highest BCUT2D eigenvalue weighted by Gasteiger charge is 2.27. The van der Waals surface area contributed by atoms with Crippen LogP contribution in [0.4, 0.5) is 19.0 Å². The molecule has 1 heterocycles. The van der Waals surface area contributed by atoms with Gasteiger partial charge < -0.3 is 15.2 Å². The molecule has 0 aliphatic rings. The highest BCUT2D eigenvalue weighted by molar-refractivity contribution is 5.88. The third-order valence-electron chi connectivity index (χ3n) is 1.83. The van der Waals surface area contributed by atoms with Crippen molar-refractivity contribution in [3.05, 3.63) is 23.9 Å². The lowest BCUT2D eigenvalue weighted by Gasteiger charge is -2.09. The summed E-state index contributed by atoms with van der Waals surface area (Å²) in [5.74, 6) is -0.834. The number of carbonyl (C=O) groups is 1. The van der Waals surface area contributed by atoms with Gasteiger partial charge in [0, 0.05) is 12.7 Å². The second kappa shape index (κ2) is 6.20. The molecule has 0 aliphatic heterocycles. The minimum Gasteiger partial charge on any atom is -0.478 e. The van der Waals surface area contributed by atoms with E-state index in [1.165, 1.54) is 18.3 Å². The number of rotatable bonds is 6. The van der Waals surface area contributed by atoms with Crippen molar-refractivity contribution in [3.63, 3.8) is 0 Å². The molecule has 0 unspecified atom stereocenters. The number of aromatic carboxylic acids is 1.